The Labute approximate surface area is 237 Å². The van der Waals surface area contributed by atoms with Crippen molar-refractivity contribution in [2.45, 2.75) is 19.2 Å². The van der Waals surface area contributed by atoms with Gasteiger partial charge in [0.2, 0.25) is 5.91 Å². The number of nitrogen functional groups attached to an aromatic ring is 1. The number of carbonyl (C=O) groups is 2. The normalized spacial score (nSPS) is 11.1. The van der Waals surface area contributed by atoms with E-state index in [1.54, 1.807) is 30.3 Å². The zero-order valence-electron chi connectivity index (χ0n) is 22.4. The Bertz CT molecular complexity index is 1500. The molecule has 0 fully saturated rings. The second kappa shape index (κ2) is 13.5. The standard InChI is InChI=1S/C31H31N5O5/c1-40-26-16-24(25(36-31(38)39)17-27(26)41-19-21-10-6-3-7-11-21)28(30(37)34-18-20-8-4-2-5-9-20)35-23-14-12-22(13-15-23)29(32)33/h2-17,28,35-36H,18-19H2,1H3,(H3,32,33)(H,34,37)(H,38,39). The number of carboxylic acid groups (broad SMARTS) is 1. The average molecular weight is 554 g/mol. The summed E-state index contributed by atoms with van der Waals surface area (Å²) in [6.45, 7) is 0.489. The Morgan fingerprint density at radius 2 is 1.54 bits per heavy atom. The highest BCUT2D eigenvalue weighted by Crippen LogP contribution is 2.38. The lowest BCUT2D eigenvalue weighted by molar-refractivity contribution is -0.122. The minimum absolute atomic E-state index is 0.0857. The van der Waals surface area contributed by atoms with Gasteiger partial charge in [-0.15, -0.1) is 0 Å². The molecule has 0 saturated heterocycles. The van der Waals surface area contributed by atoms with Gasteiger partial charge in [-0.05, 0) is 41.5 Å². The number of nitrogens with one attached hydrogen (secondary N) is 4. The van der Waals surface area contributed by atoms with Crippen LogP contribution in [0.1, 0.15) is 28.3 Å². The van der Waals surface area contributed by atoms with Crippen LogP contribution in [0, 0.1) is 5.41 Å². The van der Waals surface area contributed by atoms with E-state index in [4.69, 9.17) is 20.6 Å². The summed E-state index contributed by atoms with van der Waals surface area (Å²) in [5.74, 6) is 0.134. The van der Waals surface area contributed by atoms with E-state index in [0.29, 0.717) is 28.3 Å². The maximum absolute atomic E-state index is 13.7. The monoisotopic (exact) mass is 553 g/mol. The molecule has 1 atom stereocenters. The van der Waals surface area contributed by atoms with Gasteiger partial charge in [-0.3, -0.25) is 15.5 Å². The highest BCUT2D eigenvalue weighted by molar-refractivity contribution is 5.95. The largest absolute Gasteiger partial charge is 0.493 e. The number of nitrogens with two attached hydrogens (primary N) is 1. The number of hydrogen-bond acceptors (Lipinski definition) is 6. The molecule has 1 unspecified atom stereocenters. The van der Waals surface area contributed by atoms with Crippen LogP contribution < -0.4 is 31.2 Å². The Hall–Kier alpha value is -5.51. The van der Waals surface area contributed by atoms with Gasteiger partial charge in [0.15, 0.2) is 11.5 Å². The number of amidine groups is 1. The molecule has 4 aromatic rings. The lowest BCUT2D eigenvalue weighted by atomic mass is 10.0. The molecule has 0 aliphatic rings. The van der Waals surface area contributed by atoms with Gasteiger partial charge in [0.25, 0.3) is 0 Å². The van der Waals surface area contributed by atoms with Crippen molar-refractivity contribution in [2.24, 2.45) is 5.73 Å². The van der Waals surface area contributed by atoms with Crippen molar-refractivity contribution in [2.75, 3.05) is 17.7 Å². The van der Waals surface area contributed by atoms with Gasteiger partial charge in [0.1, 0.15) is 18.5 Å². The number of hydrogen-bond donors (Lipinski definition) is 6. The van der Waals surface area contributed by atoms with Crippen LogP contribution in [0.5, 0.6) is 11.5 Å². The number of ether oxygens (including phenoxy) is 2. The third-order valence-corrected chi connectivity index (χ3v) is 6.20. The van der Waals surface area contributed by atoms with Crippen molar-refractivity contribution in [1.29, 1.82) is 5.41 Å². The van der Waals surface area contributed by atoms with Crippen LogP contribution in [-0.4, -0.2) is 30.1 Å². The first-order valence-corrected chi connectivity index (χ1v) is 12.7. The molecule has 0 heterocycles. The van der Waals surface area contributed by atoms with Gasteiger partial charge in [0.05, 0.1) is 12.8 Å². The third kappa shape index (κ3) is 7.76. The van der Waals surface area contributed by atoms with E-state index in [-0.39, 0.29) is 24.7 Å². The van der Waals surface area contributed by atoms with Crippen molar-refractivity contribution in [3.63, 3.8) is 0 Å². The van der Waals surface area contributed by atoms with Crippen LogP contribution >= 0.6 is 0 Å². The minimum atomic E-state index is -1.31. The van der Waals surface area contributed by atoms with Crippen LogP contribution in [0.15, 0.2) is 97.1 Å². The lowest BCUT2D eigenvalue weighted by Gasteiger charge is -2.24. The lowest BCUT2D eigenvalue weighted by Crippen LogP contribution is -2.34. The molecule has 0 bridgehead atoms. The maximum Gasteiger partial charge on any atom is 0.409 e. The molecule has 10 heteroatoms. The molecule has 210 valence electrons. The number of carbonyl (C=O) groups excluding carboxylic acids is 1. The number of amides is 2. The topological polar surface area (TPSA) is 159 Å². The summed E-state index contributed by atoms with van der Waals surface area (Å²) < 4.78 is 11.6. The summed E-state index contributed by atoms with van der Waals surface area (Å²) in [6, 6.07) is 27.6. The highest BCUT2D eigenvalue weighted by Gasteiger charge is 2.27. The number of anilines is 2. The van der Waals surface area contributed by atoms with Gasteiger partial charge < -0.3 is 30.9 Å². The van der Waals surface area contributed by atoms with E-state index in [2.05, 4.69) is 16.0 Å². The van der Waals surface area contributed by atoms with Gasteiger partial charge >= 0.3 is 6.09 Å². The van der Waals surface area contributed by atoms with Crippen LogP contribution in [-0.2, 0) is 17.9 Å². The SMILES string of the molecule is COc1cc(C(Nc2ccc(C(=N)N)cc2)C(=O)NCc2ccccc2)c(NC(=O)O)cc1OCc1ccccc1. The molecule has 0 aromatic heterocycles. The average Bonchev–Trinajstić information content (AvgIpc) is 2.98. The fourth-order valence-electron chi connectivity index (χ4n) is 4.13. The molecule has 4 aromatic carbocycles. The summed E-state index contributed by atoms with van der Waals surface area (Å²) in [4.78, 5) is 25.4. The summed E-state index contributed by atoms with van der Waals surface area (Å²) in [5, 5.41) is 25.8. The van der Waals surface area contributed by atoms with Crippen molar-refractivity contribution in [1.82, 2.24) is 5.32 Å². The Balaban J connectivity index is 1.71. The number of rotatable bonds is 12. The van der Waals surface area contributed by atoms with Crippen molar-refractivity contribution >= 4 is 29.2 Å². The van der Waals surface area contributed by atoms with Gasteiger partial charge in [-0.1, -0.05) is 60.7 Å². The predicted octanol–water partition coefficient (Wildman–Crippen LogP) is 5.12. The molecular formula is C31H31N5O5. The molecule has 7 N–H and O–H groups in total. The second-order valence-corrected chi connectivity index (χ2v) is 9.07. The smallest absolute Gasteiger partial charge is 0.409 e. The third-order valence-electron chi connectivity index (χ3n) is 6.20. The zero-order valence-corrected chi connectivity index (χ0v) is 22.4. The highest BCUT2D eigenvalue weighted by atomic mass is 16.5. The summed E-state index contributed by atoms with van der Waals surface area (Å²) in [7, 11) is 1.47. The van der Waals surface area contributed by atoms with E-state index in [9.17, 15) is 14.7 Å². The summed E-state index contributed by atoms with van der Waals surface area (Å²) in [5.41, 5.74) is 8.94. The first kappa shape index (κ1) is 28.5. The van der Waals surface area contributed by atoms with Crippen LogP contribution in [0.2, 0.25) is 0 Å². The van der Waals surface area contributed by atoms with Crippen LogP contribution in [0.4, 0.5) is 16.2 Å². The molecule has 0 aliphatic carbocycles. The van der Waals surface area contributed by atoms with Crippen molar-refractivity contribution < 1.29 is 24.2 Å². The minimum Gasteiger partial charge on any atom is -0.493 e. The van der Waals surface area contributed by atoms with Gasteiger partial charge in [0, 0.05) is 29.4 Å². The van der Waals surface area contributed by atoms with E-state index in [1.165, 1.54) is 13.2 Å². The van der Waals surface area contributed by atoms with Gasteiger partial charge in [-0.25, -0.2) is 4.79 Å². The molecular weight excluding hydrogens is 522 g/mol. The van der Waals surface area contributed by atoms with E-state index >= 15 is 0 Å². The molecule has 0 radical (unpaired) electrons. The molecule has 0 aliphatic heterocycles. The first-order valence-electron chi connectivity index (χ1n) is 12.7. The van der Waals surface area contributed by atoms with Crippen LogP contribution in [0.3, 0.4) is 0 Å². The maximum atomic E-state index is 13.7. The van der Waals surface area contributed by atoms with E-state index in [1.807, 2.05) is 60.7 Å². The van der Waals surface area contributed by atoms with E-state index in [0.717, 1.165) is 11.1 Å². The number of benzene rings is 4. The fraction of sp³-hybridized carbons (Fsp3) is 0.129. The molecule has 10 nitrogen and oxygen atoms in total. The van der Waals surface area contributed by atoms with Gasteiger partial charge in [-0.2, -0.15) is 0 Å². The van der Waals surface area contributed by atoms with Crippen molar-refractivity contribution in [3.8, 4) is 11.5 Å². The van der Waals surface area contributed by atoms with Crippen molar-refractivity contribution in [3.05, 3.63) is 119 Å². The van der Waals surface area contributed by atoms with E-state index < -0.39 is 18.0 Å². The molecule has 2 amide bonds. The molecule has 0 spiro atoms. The Morgan fingerprint density at radius 1 is 0.902 bits per heavy atom. The summed E-state index contributed by atoms with van der Waals surface area (Å²) >= 11 is 0. The Kier molecular flexibility index (Phi) is 9.40. The second-order valence-electron chi connectivity index (χ2n) is 9.07. The molecule has 41 heavy (non-hydrogen) atoms. The zero-order chi connectivity index (χ0) is 29.2. The number of methoxy groups -OCH3 is 1. The first-order chi connectivity index (χ1) is 19.8. The predicted molar refractivity (Wildman–Crippen MR) is 158 cm³/mol. The Morgan fingerprint density at radius 3 is 2.12 bits per heavy atom. The molecule has 4 rings (SSSR count). The molecule has 0 saturated carbocycles. The summed E-state index contributed by atoms with van der Waals surface area (Å²) in [6.07, 6.45) is -1.31. The quantitative estimate of drug-likeness (QED) is 0.105. The fourth-order valence-corrected chi connectivity index (χ4v) is 4.13. The van der Waals surface area contributed by atoms with Crippen LogP contribution in [0.25, 0.3) is 0 Å².